The van der Waals surface area contributed by atoms with Gasteiger partial charge in [0.2, 0.25) is 6.79 Å². The van der Waals surface area contributed by atoms with E-state index in [0.29, 0.717) is 28.7 Å². The lowest BCUT2D eigenvalue weighted by Crippen LogP contribution is -2.39. The van der Waals surface area contributed by atoms with Crippen LogP contribution < -0.4 is 14.4 Å². The van der Waals surface area contributed by atoms with Crippen LogP contribution in [0.1, 0.15) is 12.0 Å². The molecule has 3 heterocycles. The monoisotopic (exact) mass is 505 g/mol. The van der Waals surface area contributed by atoms with Crippen molar-refractivity contribution >= 4 is 51.1 Å². The summed E-state index contributed by atoms with van der Waals surface area (Å²) in [5.41, 5.74) is 1.52. The van der Waals surface area contributed by atoms with Crippen LogP contribution in [0, 0.1) is 5.82 Å². The van der Waals surface area contributed by atoms with Crippen LogP contribution in [0.4, 0.5) is 9.52 Å². The average molecular weight is 506 g/mol. The van der Waals surface area contributed by atoms with Gasteiger partial charge >= 0.3 is 0 Å². The molecule has 1 amide bonds. The van der Waals surface area contributed by atoms with Crippen molar-refractivity contribution in [2.75, 3.05) is 51.1 Å². The highest BCUT2D eigenvalue weighted by Gasteiger charge is 2.19. The Kier molecular flexibility index (Phi) is 7.99. The van der Waals surface area contributed by atoms with E-state index in [0.717, 1.165) is 49.5 Å². The molecular weight excluding hydrogens is 481 g/mol. The second kappa shape index (κ2) is 11.1. The molecule has 0 radical (unpaired) electrons. The molecule has 7 nitrogen and oxygen atoms in total. The number of carbonyl (C=O) groups is 1. The number of hydrogen-bond donors (Lipinski definition) is 0. The molecule has 0 N–H and O–H groups in total. The van der Waals surface area contributed by atoms with Gasteiger partial charge in [-0.15, -0.1) is 12.4 Å². The number of nitrogens with zero attached hydrogens (tertiary/aromatic N) is 3. The molecule has 1 fully saturated rings. The van der Waals surface area contributed by atoms with Gasteiger partial charge < -0.3 is 14.2 Å². The summed E-state index contributed by atoms with van der Waals surface area (Å²) in [7, 11) is 0. The van der Waals surface area contributed by atoms with Crippen molar-refractivity contribution < 1.29 is 23.4 Å². The fourth-order valence-corrected chi connectivity index (χ4v) is 4.88. The smallest absolute Gasteiger partial charge is 0.252 e. The van der Waals surface area contributed by atoms with E-state index in [1.54, 1.807) is 23.1 Å². The lowest BCUT2D eigenvalue weighted by atomic mass is 10.2. The quantitative estimate of drug-likeness (QED) is 0.445. The lowest BCUT2D eigenvalue weighted by Gasteiger charge is -2.27. The summed E-state index contributed by atoms with van der Waals surface area (Å²) in [6, 6.07) is 10.0. The second-order valence-electron chi connectivity index (χ2n) is 7.85. The Hall–Kier alpha value is -2.72. The first-order chi connectivity index (χ1) is 16.2. The molecule has 34 heavy (non-hydrogen) atoms. The lowest BCUT2D eigenvalue weighted by molar-refractivity contribution is -0.114. The van der Waals surface area contributed by atoms with Gasteiger partial charge in [0.15, 0.2) is 16.6 Å². The molecule has 0 atom stereocenters. The van der Waals surface area contributed by atoms with Gasteiger partial charge in [0, 0.05) is 32.3 Å². The average Bonchev–Trinajstić information content (AvgIpc) is 3.47. The van der Waals surface area contributed by atoms with Gasteiger partial charge in [-0.05, 0) is 48.4 Å². The topological polar surface area (TPSA) is 64.1 Å². The van der Waals surface area contributed by atoms with E-state index in [1.165, 1.54) is 23.5 Å². The highest BCUT2D eigenvalue weighted by Crippen LogP contribution is 2.33. The molecule has 2 aliphatic rings. The van der Waals surface area contributed by atoms with Gasteiger partial charge in [-0.3, -0.25) is 14.6 Å². The molecule has 180 valence electrons. The Morgan fingerprint density at radius 1 is 1.15 bits per heavy atom. The first kappa shape index (κ1) is 24.4. The van der Waals surface area contributed by atoms with Crippen LogP contribution in [0.3, 0.4) is 0 Å². The summed E-state index contributed by atoms with van der Waals surface area (Å²) in [5.74, 6) is 0.879. The number of halogens is 2. The van der Waals surface area contributed by atoms with Crippen LogP contribution in [0.5, 0.6) is 11.5 Å². The fourth-order valence-electron chi connectivity index (χ4n) is 3.85. The molecule has 0 spiro atoms. The summed E-state index contributed by atoms with van der Waals surface area (Å²) in [4.78, 5) is 21.8. The maximum absolute atomic E-state index is 13.7. The van der Waals surface area contributed by atoms with Gasteiger partial charge in [0.25, 0.3) is 5.91 Å². The maximum Gasteiger partial charge on any atom is 0.252 e. The highest BCUT2D eigenvalue weighted by atomic mass is 35.5. The number of hydrogen-bond acceptors (Lipinski definition) is 7. The summed E-state index contributed by atoms with van der Waals surface area (Å²) in [5, 5.41) is 0.568. The Bertz CT molecular complexity index is 1180. The molecule has 1 aromatic heterocycles. The van der Waals surface area contributed by atoms with Gasteiger partial charge in [-0.25, -0.2) is 9.37 Å². The van der Waals surface area contributed by atoms with E-state index in [2.05, 4.69) is 9.88 Å². The molecule has 0 bridgehead atoms. The number of aromatic nitrogens is 1. The molecule has 10 heteroatoms. The number of rotatable bonds is 7. The standard InChI is InChI=1S/C24H24FN3O4S.ClH/c25-18-4-5-19-22(15-18)33-24(26-19)28(9-1-8-27-10-12-30-13-11-27)23(29)7-3-17-2-6-20-21(14-17)32-16-31-20;/h2-7,14-15H,1,8-13,16H2;1H/b7-3+;. The third kappa shape index (κ3) is 5.67. The third-order valence-corrected chi connectivity index (χ3v) is 6.65. The minimum Gasteiger partial charge on any atom is -0.454 e. The Balaban J connectivity index is 0.00000274. The SMILES string of the molecule is Cl.O=C(/C=C/c1ccc2c(c1)OCO2)N(CCCN1CCOCC1)c1nc2ccc(F)cc2s1. The number of amides is 1. The molecule has 0 saturated carbocycles. The van der Waals surface area contributed by atoms with Crippen LogP contribution in [0.15, 0.2) is 42.5 Å². The van der Waals surface area contributed by atoms with E-state index in [4.69, 9.17) is 14.2 Å². The van der Waals surface area contributed by atoms with Crippen LogP contribution in [-0.4, -0.2) is 62.0 Å². The Labute approximate surface area is 207 Å². The number of carbonyl (C=O) groups excluding carboxylic acids is 1. The van der Waals surface area contributed by atoms with Crippen LogP contribution in [-0.2, 0) is 9.53 Å². The highest BCUT2D eigenvalue weighted by molar-refractivity contribution is 7.22. The van der Waals surface area contributed by atoms with Crippen molar-refractivity contribution in [2.24, 2.45) is 0 Å². The van der Waals surface area contributed by atoms with E-state index < -0.39 is 0 Å². The van der Waals surface area contributed by atoms with Gasteiger partial charge in [0.1, 0.15) is 5.82 Å². The number of fused-ring (bicyclic) bond motifs is 2. The van der Waals surface area contributed by atoms with Crippen molar-refractivity contribution in [2.45, 2.75) is 6.42 Å². The number of benzene rings is 2. The van der Waals surface area contributed by atoms with Crippen molar-refractivity contribution in [3.8, 4) is 11.5 Å². The zero-order valence-electron chi connectivity index (χ0n) is 18.4. The van der Waals surface area contributed by atoms with Gasteiger partial charge in [-0.1, -0.05) is 17.4 Å². The predicted molar refractivity (Wildman–Crippen MR) is 133 cm³/mol. The van der Waals surface area contributed by atoms with E-state index in [9.17, 15) is 9.18 Å². The molecule has 1 saturated heterocycles. The fraction of sp³-hybridized carbons (Fsp3) is 0.333. The molecule has 2 aromatic carbocycles. The number of ether oxygens (including phenoxy) is 3. The molecule has 0 aliphatic carbocycles. The van der Waals surface area contributed by atoms with Crippen molar-refractivity contribution in [1.29, 1.82) is 0 Å². The Morgan fingerprint density at radius 2 is 1.97 bits per heavy atom. The van der Waals surface area contributed by atoms with Crippen LogP contribution >= 0.6 is 23.7 Å². The maximum atomic E-state index is 13.7. The summed E-state index contributed by atoms with van der Waals surface area (Å²) >= 11 is 1.32. The Morgan fingerprint density at radius 3 is 2.82 bits per heavy atom. The van der Waals surface area contributed by atoms with Crippen molar-refractivity contribution in [3.63, 3.8) is 0 Å². The molecule has 0 unspecified atom stereocenters. The molecule has 2 aliphatic heterocycles. The first-order valence-electron chi connectivity index (χ1n) is 10.9. The number of thiazole rings is 1. The molecule has 5 rings (SSSR count). The van der Waals surface area contributed by atoms with E-state index in [-0.39, 0.29) is 30.9 Å². The van der Waals surface area contributed by atoms with Gasteiger partial charge in [-0.2, -0.15) is 0 Å². The zero-order chi connectivity index (χ0) is 22.6. The van der Waals surface area contributed by atoms with Crippen molar-refractivity contribution in [1.82, 2.24) is 9.88 Å². The summed E-state index contributed by atoms with van der Waals surface area (Å²) < 4.78 is 30.5. The van der Waals surface area contributed by atoms with Crippen LogP contribution in [0.25, 0.3) is 16.3 Å². The van der Waals surface area contributed by atoms with E-state index >= 15 is 0 Å². The van der Waals surface area contributed by atoms with Crippen molar-refractivity contribution in [3.05, 3.63) is 53.9 Å². The van der Waals surface area contributed by atoms with Crippen LogP contribution in [0.2, 0.25) is 0 Å². The zero-order valence-corrected chi connectivity index (χ0v) is 20.1. The molecular formula is C24H25ClFN3O4S. The summed E-state index contributed by atoms with van der Waals surface area (Å²) in [6.07, 6.45) is 4.10. The number of morpholine rings is 1. The number of anilines is 1. The first-order valence-corrected chi connectivity index (χ1v) is 11.7. The van der Waals surface area contributed by atoms with E-state index in [1.807, 2.05) is 18.2 Å². The normalized spacial score (nSPS) is 15.6. The minimum absolute atomic E-state index is 0. The summed E-state index contributed by atoms with van der Waals surface area (Å²) in [6.45, 7) is 4.88. The third-order valence-electron chi connectivity index (χ3n) is 5.61. The second-order valence-corrected chi connectivity index (χ2v) is 8.86. The predicted octanol–water partition coefficient (Wildman–Crippen LogP) is 4.35. The minimum atomic E-state index is -0.314. The largest absolute Gasteiger partial charge is 0.454 e. The van der Waals surface area contributed by atoms with Gasteiger partial charge in [0.05, 0.1) is 23.4 Å². The molecule has 3 aromatic rings.